The van der Waals surface area contributed by atoms with Gasteiger partial charge in [0.1, 0.15) is 5.58 Å². The van der Waals surface area contributed by atoms with Crippen LogP contribution in [0.15, 0.2) is 38.2 Å². The summed E-state index contributed by atoms with van der Waals surface area (Å²) in [6, 6.07) is 8.00. The van der Waals surface area contributed by atoms with Crippen LogP contribution in [0.4, 0.5) is 0 Å². The molecule has 1 aromatic heterocycles. The Balaban J connectivity index is 2.78. The molecule has 2 aromatic rings. The number of thioether (sulfide) groups is 1. The normalized spacial score (nSPS) is 10.8. The van der Waals surface area contributed by atoms with E-state index in [1.807, 2.05) is 30.5 Å². The van der Waals surface area contributed by atoms with Gasteiger partial charge in [-0.25, -0.2) is 0 Å². The highest BCUT2D eigenvalue weighted by atomic mass is 79.9. The van der Waals surface area contributed by atoms with Crippen molar-refractivity contribution in [2.45, 2.75) is 5.09 Å². The highest BCUT2D eigenvalue weighted by molar-refractivity contribution is 9.10. The zero-order chi connectivity index (χ0) is 8.55. The molecule has 2 rings (SSSR count). The molecule has 0 spiro atoms. The summed E-state index contributed by atoms with van der Waals surface area (Å²) in [5.74, 6) is 0. The Morgan fingerprint density at radius 1 is 1.33 bits per heavy atom. The lowest BCUT2D eigenvalue weighted by Gasteiger charge is -1.86. The number of hydrogen-bond donors (Lipinski definition) is 0. The van der Waals surface area contributed by atoms with Crippen molar-refractivity contribution < 1.29 is 4.42 Å². The van der Waals surface area contributed by atoms with Gasteiger partial charge in [0.05, 0.1) is 4.47 Å². The number of fused-ring (bicyclic) bond motifs is 1. The number of para-hydroxylation sites is 1. The van der Waals surface area contributed by atoms with E-state index in [2.05, 4.69) is 15.9 Å². The zero-order valence-electron chi connectivity index (χ0n) is 6.50. The molecule has 0 bridgehead atoms. The molecule has 0 radical (unpaired) electrons. The largest absolute Gasteiger partial charge is 0.449 e. The fourth-order valence-electron chi connectivity index (χ4n) is 1.12. The van der Waals surface area contributed by atoms with E-state index in [-0.39, 0.29) is 0 Å². The molecule has 12 heavy (non-hydrogen) atoms. The third kappa shape index (κ3) is 1.17. The van der Waals surface area contributed by atoms with E-state index < -0.39 is 0 Å². The van der Waals surface area contributed by atoms with Crippen LogP contribution >= 0.6 is 27.7 Å². The summed E-state index contributed by atoms with van der Waals surface area (Å²) < 4.78 is 6.62. The van der Waals surface area contributed by atoms with E-state index in [0.717, 1.165) is 20.5 Å². The third-order valence-corrected chi connectivity index (χ3v) is 3.40. The predicted octanol–water partition coefficient (Wildman–Crippen LogP) is 3.92. The van der Waals surface area contributed by atoms with Gasteiger partial charge >= 0.3 is 0 Å². The minimum atomic E-state index is 0.939. The molecule has 0 aliphatic rings. The molecule has 1 aromatic carbocycles. The summed E-state index contributed by atoms with van der Waals surface area (Å²) in [7, 11) is 0. The van der Waals surface area contributed by atoms with E-state index in [1.54, 1.807) is 11.8 Å². The van der Waals surface area contributed by atoms with Crippen molar-refractivity contribution >= 4 is 38.7 Å². The molecular formula is C9H7BrOS. The van der Waals surface area contributed by atoms with Crippen LogP contribution in [0, 0.1) is 0 Å². The predicted molar refractivity (Wildman–Crippen MR) is 55.7 cm³/mol. The van der Waals surface area contributed by atoms with Crippen LogP contribution in [-0.4, -0.2) is 6.26 Å². The quantitative estimate of drug-likeness (QED) is 0.704. The van der Waals surface area contributed by atoms with Crippen LogP contribution < -0.4 is 0 Å². The molecule has 3 heteroatoms. The van der Waals surface area contributed by atoms with Crippen LogP contribution in [0.1, 0.15) is 0 Å². The molecule has 0 amide bonds. The van der Waals surface area contributed by atoms with Gasteiger partial charge in [-0.3, -0.25) is 0 Å². The second kappa shape index (κ2) is 3.15. The van der Waals surface area contributed by atoms with Gasteiger partial charge in [0, 0.05) is 5.39 Å². The molecule has 1 heterocycles. The SMILES string of the molecule is CSc1oc2ccccc2c1Br. The van der Waals surface area contributed by atoms with Crippen molar-refractivity contribution in [3.63, 3.8) is 0 Å². The van der Waals surface area contributed by atoms with Crippen molar-refractivity contribution in [2.24, 2.45) is 0 Å². The zero-order valence-corrected chi connectivity index (χ0v) is 8.91. The first-order valence-electron chi connectivity index (χ1n) is 3.54. The average molecular weight is 243 g/mol. The summed E-state index contributed by atoms with van der Waals surface area (Å²) in [6.07, 6.45) is 2.00. The average Bonchev–Trinajstić information content (AvgIpc) is 2.44. The minimum Gasteiger partial charge on any atom is -0.449 e. The monoisotopic (exact) mass is 242 g/mol. The Morgan fingerprint density at radius 2 is 2.08 bits per heavy atom. The lowest BCUT2D eigenvalue weighted by Crippen LogP contribution is -1.62. The van der Waals surface area contributed by atoms with Gasteiger partial charge in [0.25, 0.3) is 0 Å². The summed E-state index contributed by atoms with van der Waals surface area (Å²) in [6.45, 7) is 0. The number of benzene rings is 1. The maximum absolute atomic E-state index is 5.56. The van der Waals surface area contributed by atoms with Crippen LogP contribution in [0.3, 0.4) is 0 Å². The first-order chi connectivity index (χ1) is 5.83. The van der Waals surface area contributed by atoms with Crippen molar-refractivity contribution in [3.8, 4) is 0 Å². The van der Waals surface area contributed by atoms with Gasteiger partial charge in [-0.1, -0.05) is 23.9 Å². The molecule has 0 fully saturated rings. The Kier molecular flexibility index (Phi) is 2.15. The standard InChI is InChI=1S/C9H7BrOS/c1-12-9-8(10)6-4-2-3-5-7(6)11-9/h2-5H,1H3. The molecule has 1 nitrogen and oxygen atoms in total. The molecule has 0 saturated heterocycles. The Hall–Kier alpha value is -0.410. The fourth-order valence-corrected chi connectivity index (χ4v) is 2.48. The van der Waals surface area contributed by atoms with Crippen molar-refractivity contribution in [2.75, 3.05) is 6.26 Å². The van der Waals surface area contributed by atoms with Gasteiger partial charge < -0.3 is 4.42 Å². The number of hydrogen-bond acceptors (Lipinski definition) is 2. The van der Waals surface area contributed by atoms with Crippen molar-refractivity contribution in [3.05, 3.63) is 28.7 Å². The second-order valence-electron chi connectivity index (χ2n) is 2.40. The van der Waals surface area contributed by atoms with Crippen LogP contribution in [-0.2, 0) is 0 Å². The van der Waals surface area contributed by atoms with Gasteiger partial charge in [0.15, 0.2) is 5.09 Å². The summed E-state index contributed by atoms with van der Waals surface area (Å²) in [5, 5.41) is 2.08. The van der Waals surface area contributed by atoms with Gasteiger partial charge in [0.2, 0.25) is 0 Å². The smallest absolute Gasteiger partial charge is 0.175 e. The molecule has 0 aliphatic heterocycles. The topological polar surface area (TPSA) is 13.1 Å². The summed E-state index contributed by atoms with van der Waals surface area (Å²) in [5.41, 5.74) is 0.939. The van der Waals surface area contributed by atoms with Crippen LogP contribution in [0.5, 0.6) is 0 Å². The van der Waals surface area contributed by atoms with Crippen molar-refractivity contribution in [1.82, 2.24) is 0 Å². The molecule has 0 saturated carbocycles. The van der Waals surface area contributed by atoms with E-state index in [1.165, 1.54) is 0 Å². The second-order valence-corrected chi connectivity index (χ2v) is 3.98. The molecule has 0 unspecified atom stereocenters. The maximum atomic E-state index is 5.56. The van der Waals surface area contributed by atoms with Gasteiger partial charge in [-0.2, -0.15) is 0 Å². The van der Waals surface area contributed by atoms with Gasteiger partial charge in [-0.15, -0.1) is 0 Å². The molecule has 0 N–H and O–H groups in total. The Morgan fingerprint density at radius 3 is 2.75 bits per heavy atom. The highest BCUT2D eigenvalue weighted by Crippen LogP contribution is 2.35. The third-order valence-electron chi connectivity index (χ3n) is 1.69. The lowest BCUT2D eigenvalue weighted by atomic mass is 10.3. The summed E-state index contributed by atoms with van der Waals surface area (Å²) in [4.78, 5) is 0. The van der Waals surface area contributed by atoms with Crippen molar-refractivity contribution in [1.29, 1.82) is 0 Å². The lowest BCUT2D eigenvalue weighted by molar-refractivity contribution is 0.512. The van der Waals surface area contributed by atoms with E-state index in [9.17, 15) is 0 Å². The number of furan rings is 1. The van der Waals surface area contributed by atoms with Crippen LogP contribution in [0.2, 0.25) is 0 Å². The van der Waals surface area contributed by atoms with Crippen LogP contribution in [0.25, 0.3) is 11.0 Å². The maximum Gasteiger partial charge on any atom is 0.175 e. The Labute approximate surface area is 83.3 Å². The van der Waals surface area contributed by atoms with E-state index in [4.69, 9.17) is 4.42 Å². The number of rotatable bonds is 1. The minimum absolute atomic E-state index is 0.939. The van der Waals surface area contributed by atoms with Gasteiger partial charge in [-0.05, 0) is 34.3 Å². The summed E-state index contributed by atoms with van der Waals surface area (Å²) >= 11 is 5.11. The first kappa shape index (κ1) is 8.20. The number of halogens is 1. The van der Waals surface area contributed by atoms with E-state index >= 15 is 0 Å². The highest BCUT2D eigenvalue weighted by Gasteiger charge is 2.08. The molecule has 0 aliphatic carbocycles. The fraction of sp³-hybridized carbons (Fsp3) is 0.111. The molecule has 0 atom stereocenters. The molecule has 62 valence electrons. The van der Waals surface area contributed by atoms with E-state index in [0.29, 0.717) is 0 Å². The first-order valence-corrected chi connectivity index (χ1v) is 5.55. The Bertz CT molecular complexity index is 408. The molecular weight excluding hydrogens is 236 g/mol.